The maximum absolute atomic E-state index is 12.4. The molecule has 0 aliphatic carbocycles. The molecule has 2 N–H and O–H groups in total. The molecule has 0 radical (unpaired) electrons. The monoisotopic (exact) mass is 445 g/mol. The standard InChI is InChI=1S/C25H20ClN3O3/c1-17-8-10-21(11-9-17)28-24(30)16-32-23-7-2-4-18(13-23)12-19(15-27)25(31)29-22-6-3-5-20(26)14-22/h2-14H,16H2,1H3,(H,28,30)(H,29,31)/b19-12-. The molecule has 0 saturated carbocycles. The summed E-state index contributed by atoms with van der Waals surface area (Å²) in [5.41, 5.74) is 2.77. The van der Waals surface area contributed by atoms with E-state index in [-0.39, 0.29) is 18.1 Å². The van der Waals surface area contributed by atoms with Crippen LogP contribution in [0.4, 0.5) is 11.4 Å². The van der Waals surface area contributed by atoms with Gasteiger partial charge < -0.3 is 15.4 Å². The number of nitrogens with zero attached hydrogens (tertiary/aromatic N) is 1. The number of carbonyl (C=O) groups excluding carboxylic acids is 2. The summed E-state index contributed by atoms with van der Waals surface area (Å²) in [6.07, 6.45) is 1.44. The van der Waals surface area contributed by atoms with Gasteiger partial charge in [-0.25, -0.2) is 0 Å². The Balaban J connectivity index is 1.62. The van der Waals surface area contributed by atoms with Gasteiger partial charge in [0.25, 0.3) is 11.8 Å². The second-order valence-corrected chi connectivity index (χ2v) is 7.35. The average Bonchev–Trinajstić information content (AvgIpc) is 2.78. The van der Waals surface area contributed by atoms with E-state index in [0.29, 0.717) is 27.7 Å². The van der Waals surface area contributed by atoms with Gasteiger partial charge in [0.1, 0.15) is 17.4 Å². The maximum atomic E-state index is 12.4. The van der Waals surface area contributed by atoms with Crippen molar-refractivity contribution in [2.45, 2.75) is 6.92 Å². The van der Waals surface area contributed by atoms with Crippen molar-refractivity contribution in [3.63, 3.8) is 0 Å². The molecule has 0 unspecified atom stereocenters. The molecule has 0 aliphatic rings. The van der Waals surface area contributed by atoms with Crippen molar-refractivity contribution >= 4 is 40.9 Å². The fourth-order valence-corrected chi connectivity index (χ4v) is 2.95. The molecule has 0 aliphatic heterocycles. The number of anilines is 2. The molecule has 7 heteroatoms. The van der Waals surface area contributed by atoms with Crippen LogP contribution in [0.3, 0.4) is 0 Å². The SMILES string of the molecule is Cc1ccc(NC(=O)COc2cccc(/C=C(/C#N)C(=O)Nc3cccc(Cl)c3)c2)cc1. The molecule has 0 fully saturated rings. The summed E-state index contributed by atoms with van der Waals surface area (Å²) >= 11 is 5.92. The zero-order valence-electron chi connectivity index (χ0n) is 17.3. The van der Waals surface area contributed by atoms with Gasteiger partial charge in [-0.2, -0.15) is 5.26 Å². The van der Waals surface area contributed by atoms with E-state index in [9.17, 15) is 14.9 Å². The van der Waals surface area contributed by atoms with Crippen molar-refractivity contribution in [2.75, 3.05) is 17.2 Å². The fourth-order valence-electron chi connectivity index (χ4n) is 2.76. The summed E-state index contributed by atoms with van der Waals surface area (Å²) in [6, 6.07) is 22.8. The van der Waals surface area contributed by atoms with Crippen LogP contribution >= 0.6 is 11.6 Å². The van der Waals surface area contributed by atoms with Gasteiger partial charge in [-0.1, -0.05) is 47.5 Å². The normalized spacial score (nSPS) is 10.7. The van der Waals surface area contributed by atoms with Crippen molar-refractivity contribution in [1.82, 2.24) is 0 Å². The zero-order valence-corrected chi connectivity index (χ0v) is 18.0. The summed E-state index contributed by atoms with van der Waals surface area (Å²) < 4.78 is 5.55. The lowest BCUT2D eigenvalue weighted by molar-refractivity contribution is -0.118. The zero-order chi connectivity index (χ0) is 22.9. The lowest BCUT2D eigenvalue weighted by Crippen LogP contribution is -2.20. The van der Waals surface area contributed by atoms with Gasteiger partial charge in [0, 0.05) is 16.4 Å². The van der Waals surface area contributed by atoms with Crippen LogP contribution in [0.5, 0.6) is 5.75 Å². The largest absolute Gasteiger partial charge is 0.484 e. The Hall–Kier alpha value is -4.08. The molecule has 0 saturated heterocycles. The topological polar surface area (TPSA) is 91.2 Å². The minimum absolute atomic E-state index is 0.0840. The van der Waals surface area contributed by atoms with Gasteiger partial charge in [-0.3, -0.25) is 9.59 Å². The van der Waals surface area contributed by atoms with E-state index >= 15 is 0 Å². The highest BCUT2D eigenvalue weighted by atomic mass is 35.5. The number of benzene rings is 3. The Bertz CT molecular complexity index is 1200. The van der Waals surface area contributed by atoms with Crippen molar-refractivity contribution in [1.29, 1.82) is 5.26 Å². The van der Waals surface area contributed by atoms with Crippen LogP contribution in [-0.2, 0) is 9.59 Å². The lowest BCUT2D eigenvalue weighted by atomic mass is 10.1. The first-order valence-electron chi connectivity index (χ1n) is 9.71. The molecule has 0 bridgehead atoms. The third-order valence-electron chi connectivity index (χ3n) is 4.32. The second kappa shape index (κ2) is 10.8. The number of amides is 2. The smallest absolute Gasteiger partial charge is 0.266 e. The molecule has 0 heterocycles. The predicted molar refractivity (Wildman–Crippen MR) is 125 cm³/mol. The highest BCUT2D eigenvalue weighted by Gasteiger charge is 2.10. The van der Waals surface area contributed by atoms with Gasteiger partial charge in [-0.15, -0.1) is 0 Å². The third kappa shape index (κ3) is 6.73. The number of halogens is 1. The Labute approximate surface area is 191 Å². The van der Waals surface area contributed by atoms with E-state index in [1.165, 1.54) is 6.08 Å². The van der Waals surface area contributed by atoms with Crippen LogP contribution in [0.2, 0.25) is 5.02 Å². The van der Waals surface area contributed by atoms with Crippen LogP contribution in [0.1, 0.15) is 11.1 Å². The number of nitrogens with one attached hydrogen (secondary N) is 2. The van der Waals surface area contributed by atoms with Crippen LogP contribution in [0, 0.1) is 18.3 Å². The van der Waals surface area contributed by atoms with Crippen molar-refractivity contribution in [3.8, 4) is 11.8 Å². The first-order chi connectivity index (χ1) is 15.4. The minimum Gasteiger partial charge on any atom is -0.484 e. The Morgan fingerprint density at radius 1 is 1.00 bits per heavy atom. The molecule has 32 heavy (non-hydrogen) atoms. The molecular formula is C25H20ClN3O3. The third-order valence-corrected chi connectivity index (χ3v) is 4.56. The molecule has 160 valence electrons. The molecular weight excluding hydrogens is 426 g/mol. The number of nitriles is 1. The highest BCUT2D eigenvalue weighted by molar-refractivity contribution is 6.31. The van der Waals surface area contributed by atoms with Crippen LogP contribution in [0.25, 0.3) is 6.08 Å². The Morgan fingerprint density at radius 3 is 2.47 bits per heavy atom. The number of hydrogen-bond acceptors (Lipinski definition) is 4. The summed E-state index contributed by atoms with van der Waals surface area (Å²) in [6.45, 7) is 1.79. The van der Waals surface area contributed by atoms with E-state index in [0.717, 1.165) is 5.56 Å². The summed E-state index contributed by atoms with van der Waals surface area (Å²) in [4.78, 5) is 24.5. The van der Waals surface area contributed by atoms with Gasteiger partial charge in [0.05, 0.1) is 0 Å². The molecule has 2 amide bonds. The van der Waals surface area contributed by atoms with Gasteiger partial charge in [-0.05, 0) is 61.0 Å². The van der Waals surface area contributed by atoms with Crippen molar-refractivity contribution in [2.24, 2.45) is 0 Å². The average molecular weight is 446 g/mol. The van der Waals surface area contributed by atoms with E-state index in [2.05, 4.69) is 10.6 Å². The van der Waals surface area contributed by atoms with Gasteiger partial charge in [0.2, 0.25) is 0 Å². The fraction of sp³-hybridized carbons (Fsp3) is 0.0800. The quantitative estimate of drug-likeness (QED) is 0.385. The molecule has 3 aromatic rings. The first-order valence-corrected chi connectivity index (χ1v) is 10.1. The minimum atomic E-state index is -0.557. The molecule has 0 aromatic heterocycles. The summed E-state index contributed by atoms with van der Waals surface area (Å²) in [5.74, 6) is -0.419. The molecule has 3 aromatic carbocycles. The number of hydrogen-bond donors (Lipinski definition) is 2. The van der Waals surface area contributed by atoms with Gasteiger partial charge >= 0.3 is 0 Å². The van der Waals surface area contributed by atoms with E-state index < -0.39 is 5.91 Å². The van der Waals surface area contributed by atoms with Crippen LogP contribution in [-0.4, -0.2) is 18.4 Å². The van der Waals surface area contributed by atoms with Crippen molar-refractivity contribution < 1.29 is 14.3 Å². The number of rotatable bonds is 7. The number of carbonyl (C=O) groups is 2. The maximum Gasteiger partial charge on any atom is 0.266 e. The Morgan fingerprint density at radius 2 is 1.75 bits per heavy atom. The molecule has 3 rings (SSSR count). The predicted octanol–water partition coefficient (Wildman–Crippen LogP) is 5.21. The van der Waals surface area contributed by atoms with E-state index in [4.69, 9.17) is 16.3 Å². The number of ether oxygens (including phenoxy) is 1. The molecule has 0 atom stereocenters. The van der Waals surface area contributed by atoms with Crippen molar-refractivity contribution in [3.05, 3.63) is 94.5 Å². The van der Waals surface area contributed by atoms with Crippen LogP contribution < -0.4 is 15.4 Å². The van der Waals surface area contributed by atoms with Crippen LogP contribution in [0.15, 0.2) is 78.4 Å². The van der Waals surface area contributed by atoms with E-state index in [1.807, 2.05) is 37.3 Å². The highest BCUT2D eigenvalue weighted by Crippen LogP contribution is 2.19. The second-order valence-electron chi connectivity index (χ2n) is 6.91. The summed E-state index contributed by atoms with van der Waals surface area (Å²) in [5, 5.41) is 15.3. The van der Waals surface area contributed by atoms with Gasteiger partial charge in [0.15, 0.2) is 6.61 Å². The first kappa shape index (κ1) is 22.6. The summed E-state index contributed by atoms with van der Waals surface area (Å²) in [7, 11) is 0. The number of aryl methyl sites for hydroxylation is 1. The Kier molecular flexibility index (Phi) is 7.63. The molecule has 6 nitrogen and oxygen atoms in total. The lowest BCUT2D eigenvalue weighted by Gasteiger charge is -2.09. The van der Waals surface area contributed by atoms with E-state index in [1.54, 1.807) is 48.5 Å². The molecule has 0 spiro atoms.